The molecular weight excluding hydrogens is 238 g/mol. The predicted molar refractivity (Wildman–Crippen MR) is 68.9 cm³/mol. The van der Waals surface area contributed by atoms with Gasteiger partial charge in [0.1, 0.15) is 0 Å². The van der Waals surface area contributed by atoms with Gasteiger partial charge in [-0.1, -0.05) is 64.2 Å². The van der Waals surface area contributed by atoms with E-state index in [1.165, 1.54) is 38.5 Å². The number of rotatable bonds is 1. The lowest BCUT2D eigenvalue weighted by atomic mass is 9.73. The summed E-state index contributed by atoms with van der Waals surface area (Å²) in [6, 6.07) is 0. The summed E-state index contributed by atoms with van der Waals surface area (Å²) in [5.41, 5.74) is 0. The van der Waals surface area contributed by atoms with E-state index in [4.69, 9.17) is 13.0 Å². The molecule has 2 rings (SSSR count). The van der Waals surface area contributed by atoms with Gasteiger partial charge in [-0.2, -0.15) is 8.42 Å². The molecule has 3 N–H and O–H groups in total. The van der Waals surface area contributed by atoms with Crippen LogP contribution in [-0.2, 0) is 10.3 Å². The Morgan fingerprint density at radius 3 is 1.24 bits per heavy atom. The van der Waals surface area contributed by atoms with Crippen molar-refractivity contribution in [3.63, 3.8) is 0 Å². The van der Waals surface area contributed by atoms with Crippen molar-refractivity contribution in [1.29, 1.82) is 0 Å². The fraction of sp³-hybridized carbons (Fsp3) is 1.00. The van der Waals surface area contributed by atoms with Gasteiger partial charge in [-0.25, -0.2) is 5.14 Å². The zero-order valence-corrected chi connectivity index (χ0v) is 11.3. The summed E-state index contributed by atoms with van der Waals surface area (Å²) in [7, 11) is -4.17. The second kappa shape index (κ2) is 7.34. The van der Waals surface area contributed by atoms with E-state index in [9.17, 15) is 0 Å². The summed E-state index contributed by atoms with van der Waals surface area (Å²) in [5.74, 6) is 2.28. The van der Waals surface area contributed by atoms with Crippen LogP contribution in [0.3, 0.4) is 0 Å². The van der Waals surface area contributed by atoms with Crippen LogP contribution in [0.15, 0.2) is 0 Å². The van der Waals surface area contributed by atoms with Gasteiger partial charge in [0, 0.05) is 0 Å². The summed E-state index contributed by atoms with van der Waals surface area (Å²) in [6.45, 7) is 0. The minimum atomic E-state index is -4.17. The Morgan fingerprint density at radius 2 is 1.00 bits per heavy atom. The van der Waals surface area contributed by atoms with E-state index in [1.54, 1.807) is 25.7 Å². The maximum absolute atomic E-state index is 8.97. The fourth-order valence-corrected chi connectivity index (χ4v) is 3.21. The van der Waals surface area contributed by atoms with Crippen LogP contribution >= 0.6 is 0 Å². The van der Waals surface area contributed by atoms with Gasteiger partial charge in [-0.15, -0.1) is 0 Å². The number of nitrogens with two attached hydrogens (primary N) is 1. The Labute approximate surface area is 105 Å². The molecule has 0 saturated heterocycles. The van der Waals surface area contributed by atoms with Gasteiger partial charge in [0.15, 0.2) is 0 Å². The maximum Gasteiger partial charge on any atom is 0.330 e. The predicted octanol–water partition coefficient (Wildman–Crippen LogP) is 2.89. The van der Waals surface area contributed by atoms with E-state index in [0.29, 0.717) is 0 Å². The molecule has 4 nitrogen and oxygen atoms in total. The van der Waals surface area contributed by atoms with Gasteiger partial charge < -0.3 is 0 Å². The molecule has 0 spiro atoms. The van der Waals surface area contributed by atoms with Crippen LogP contribution in [0.4, 0.5) is 0 Å². The van der Waals surface area contributed by atoms with Gasteiger partial charge >= 0.3 is 10.3 Å². The van der Waals surface area contributed by atoms with Crippen LogP contribution in [0.2, 0.25) is 0 Å². The second-order valence-corrected chi connectivity index (χ2v) is 6.34. The molecule has 0 bridgehead atoms. The van der Waals surface area contributed by atoms with Crippen molar-refractivity contribution in [2.75, 3.05) is 0 Å². The van der Waals surface area contributed by atoms with Gasteiger partial charge in [0.2, 0.25) is 0 Å². The van der Waals surface area contributed by atoms with Crippen LogP contribution in [0.5, 0.6) is 0 Å². The molecule has 0 radical (unpaired) electrons. The average molecular weight is 263 g/mol. The van der Waals surface area contributed by atoms with Crippen LogP contribution < -0.4 is 5.14 Å². The first-order valence-electron chi connectivity index (χ1n) is 6.72. The quantitative estimate of drug-likeness (QED) is 0.714. The summed E-state index contributed by atoms with van der Waals surface area (Å²) in [6.07, 6.45) is 15.4. The summed E-state index contributed by atoms with van der Waals surface area (Å²) < 4.78 is 25.2. The smallest absolute Gasteiger partial charge is 0.274 e. The van der Waals surface area contributed by atoms with Crippen LogP contribution in [-0.4, -0.2) is 13.0 Å². The molecule has 0 unspecified atom stereocenters. The lowest BCUT2D eigenvalue weighted by Crippen LogP contribution is -2.20. The third kappa shape index (κ3) is 7.73. The van der Waals surface area contributed by atoms with Crippen molar-refractivity contribution in [2.45, 2.75) is 64.2 Å². The van der Waals surface area contributed by atoms with Crippen molar-refractivity contribution >= 4 is 10.3 Å². The van der Waals surface area contributed by atoms with E-state index >= 15 is 0 Å². The van der Waals surface area contributed by atoms with Crippen molar-refractivity contribution in [3.8, 4) is 0 Å². The molecule has 0 aromatic carbocycles. The number of hydrogen-bond acceptors (Lipinski definition) is 2. The molecule has 5 heteroatoms. The molecule has 2 saturated carbocycles. The second-order valence-electron chi connectivity index (χ2n) is 5.31. The van der Waals surface area contributed by atoms with Gasteiger partial charge in [-0.05, 0) is 11.8 Å². The highest BCUT2D eigenvalue weighted by molar-refractivity contribution is 7.83. The molecular formula is C12H25NO3S. The lowest BCUT2D eigenvalue weighted by molar-refractivity contribution is 0.196. The molecule has 102 valence electrons. The molecule has 0 atom stereocenters. The van der Waals surface area contributed by atoms with Crippen molar-refractivity contribution in [3.05, 3.63) is 0 Å². The van der Waals surface area contributed by atoms with Crippen molar-refractivity contribution in [2.24, 2.45) is 17.0 Å². The van der Waals surface area contributed by atoms with Crippen molar-refractivity contribution in [1.82, 2.24) is 0 Å². The van der Waals surface area contributed by atoms with E-state index in [1.807, 2.05) is 0 Å². The minimum absolute atomic E-state index is 1.14. The molecule has 0 aromatic heterocycles. The Balaban J connectivity index is 0.000000249. The Bertz CT molecular complexity index is 267. The average Bonchev–Trinajstić information content (AvgIpc) is 2.29. The zero-order valence-electron chi connectivity index (χ0n) is 10.5. The van der Waals surface area contributed by atoms with Crippen LogP contribution in [0.1, 0.15) is 64.2 Å². The first-order valence-corrected chi connectivity index (χ1v) is 8.22. The highest BCUT2D eigenvalue weighted by Crippen LogP contribution is 2.37. The summed E-state index contributed by atoms with van der Waals surface area (Å²) >= 11 is 0. The SMILES string of the molecule is C1CCC(C2CCCCC2)CC1.NS(=O)(=O)O. The van der Waals surface area contributed by atoms with E-state index in [-0.39, 0.29) is 0 Å². The molecule has 0 aromatic rings. The zero-order chi connectivity index (χ0) is 12.7. The molecule has 2 aliphatic carbocycles. The van der Waals surface area contributed by atoms with Gasteiger partial charge in [0.25, 0.3) is 0 Å². The maximum atomic E-state index is 8.97. The molecule has 2 fully saturated rings. The normalized spacial score (nSPS) is 23.9. The largest absolute Gasteiger partial charge is 0.330 e. The molecule has 0 aliphatic heterocycles. The lowest BCUT2D eigenvalue weighted by Gasteiger charge is -2.32. The topological polar surface area (TPSA) is 80.4 Å². The summed E-state index contributed by atoms with van der Waals surface area (Å²) in [4.78, 5) is 0. The van der Waals surface area contributed by atoms with Gasteiger partial charge in [-0.3, -0.25) is 4.55 Å². The van der Waals surface area contributed by atoms with Crippen molar-refractivity contribution < 1.29 is 13.0 Å². The summed E-state index contributed by atoms with van der Waals surface area (Å²) in [5, 5.41) is 3.88. The Morgan fingerprint density at radius 1 is 0.765 bits per heavy atom. The van der Waals surface area contributed by atoms with Crippen LogP contribution in [0, 0.1) is 11.8 Å². The standard InChI is InChI=1S/C12H22.H3NO3S/c1-3-7-11(8-4-1)12-9-5-2-6-10-12;1-5(2,3)4/h11-12H,1-10H2;(H3,1,2,3,4). The van der Waals surface area contributed by atoms with E-state index in [2.05, 4.69) is 5.14 Å². The molecule has 2 aliphatic rings. The fourth-order valence-electron chi connectivity index (χ4n) is 3.21. The Hall–Kier alpha value is -0.130. The van der Waals surface area contributed by atoms with E-state index < -0.39 is 10.3 Å². The first kappa shape index (κ1) is 14.9. The van der Waals surface area contributed by atoms with Gasteiger partial charge in [0.05, 0.1) is 0 Å². The first-order chi connectivity index (χ1) is 7.97. The molecule has 17 heavy (non-hydrogen) atoms. The monoisotopic (exact) mass is 263 g/mol. The molecule has 0 amide bonds. The highest BCUT2D eigenvalue weighted by Gasteiger charge is 2.24. The van der Waals surface area contributed by atoms with E-state index in [0.717, 1.165) is 11.8 Å². The third-order valence-corrected chi connectivity index (χ3v) is 3.97. The minimum Gasteiger partial charge on any atom is -0.274 e. The third-order valence-electron chi connectivity index (χ3n) is 3.97. The van der Waals surface area contributed by atoms with Crippen LogP contribution in [0.25, 0.3) is 0 Å². The molecule has 0 heterocycles. The Kier molecular flexibility index (Phi) is 6.44. The highest BCUT2D eigenvalue weighted by atomic mass is 32.2. The number of hydrogen-bond donors (Lipinski definition) is 2.